The van der Waals surface area contributed by atoms with Gasteiger partial charge in [-0.15, -0.1) is 0 Å². The molecule has 0 spiro atoms. The Kier molecular flexibility index (Phi) is 7.01. The van der Waals surface area contributed by atoms with Crippen LogP contribution in [-0.2, 0) is 11.2 Å². The molecule has 30 heavy (non-hydrogen) atoms. The van der Waals surface area contributed by atoms with Crippen molar-refractivity contribution >= 4 is 11.8 Å². The second-order valence-electron chi connectivity index (χ2n) is 7.21. The number of benzene rings is 2. The molecule has 156 valence electrons. The third-order valence-corrected chi connectivity index (χ3v) is 4.94. The third-order valence-electron chi connectivity index (χ3n) is 4.94. The summed E-state index contributed by atoms with van der Waals surface area (Å²) in [5.41, 5.74) is 5.07. The molecule has 0 aliphatic rings. The van der Waals surface area contributed by atoms with Gasteiger partial charge in [0.25, 0.3) is 5.91 Å². The van der Waals surface area contributed by atoms with E-state index in [-0.39, 0.29) is 18.4 Å². The lowest BCUT2D eigenvalue weighted by molar-refractivity contribution is -0.120. The predicted octanol–water partition coefficient (Wildman–Crippen LogP) is 3.67. The SMILES string of the molecule is CCCNC(=O)CNC(=O)c1cn(-c2ccccc2C)nc1-c1ccc(CC)cc1. The molecule has 0 saturated carbocycles. The average molecular weight is 405 g/mol. The molecule has 2 amide bonds. The molecule has 0 aliphatic carbocycles. The summed E-state index contributed by atoms with van der Waals surface area (Å²) in [6.07, 6.45) is 3.52. The molecule has 0 unspecified atom stereocenters. The van der Waals surface area contributed by atoms with Gasteiger partial charge in [-0.25, -0.2) is 4.68 Å². The quantitative estimate of drug-likeness (QED) is 0.601. The van der Waals surface area contributed by atoms with Gasteiger partial charge >= 0.3 is 0 Å². The van der Waals surface area contributed by atoms with Crippen LogP contribution in [0, 0.1) is 6.92 Å². The highest BCUT2D eigenvalue weighted by atomic mass is 16.2. The van der Waals surface area contributed by atoms with Gasteiger partial charge in [0.05, 0.1) is 17.8 Å². The highest BCUT2D eigenvalue weighted by Crippen LogP contribution is 2.25. The molecular weight excluding hydrogens is 376 g/mol. The molecule has 2 N–H and O–H groups in total. The Balaban J connectivity index is 1.94. The number of carbonyl (C=O) groups excluding carboxylic acids is 2. The summed E-state index contributed by atoms with van der Waals surface area (Å²) in [6, 6.07) is 15.9. The summed E-state index contributed by atoms with van der Waals surface area (Å²) in [5.74, 6) is -0.526. The number of amides is 2. The fraction of sp³-hybridized carbons (Fsp3) is 0.292. The lowest BCUT2D eigenvalue weighted by Gasteiger charge is -2.06. The molecule has 1 heterocycles. The van der Waals surface area contributed by atoms with Crippen LogP contribution < -0.4 is 10.6 Å². The maximum atomic E-state index is 12.9. The summed E-state index contributed by atoms with van der Waals surface area (Å²) >= 11 is 0. The van der Waals surface area contributed by atoms with Crippen LogP contribution in [-0.4, -0.2) is 34.7 Å². The van der Waals surface area contributed by atoms with Crippen LogP contribution in [0.25, 0.3) is 16.9 Å². The van der Waals surface area contributed by atoms with E-state index in [9.17, 15) is 9.59 Å². The summed E-state index contributed by atoms with van der Waals surface area (Å²) in [4.78, 5) is 24.8. The first-order chi connectivity index (χ1) is 14.5. The number of carbonyl (C=O) groups is 2. The number of nitrogens with one attached hydrogen (secondary N) is 2. The van der Waals surface area contributed by atoms with E-state index in [1.807, 2.05) is 62.4 Å². The van der Waals surface area contributed by atoms with Crippen molar-refractivity contribution in [2.24, 2.45) is 0 Å². The van der Waals surface area contributed by atoms with Crippen LogP contribution in [0.2, 0.25) is 0 Å². The smallest absolute Gasteiger partial charge is 0.255 e. The molecule has 6 nitrogen and oxygen atoms in total. The van der Waals surface area contributed by atoms with Crippen molar-refractivity contribution in [1.29, 1.82) is 0 Å². The van der Waals surface area contributed by atoms with Gasteiger partial charge in [0.2, 0.25) is 5.91 Å². The van der Waals surface area contributed by atoms with E-state index in [0.717, 1.165) is 29.7 Å². The van der Waals surface area contributed by atoms with Gasteiger partial charge in [0, 0.05) is 18.3 Å². The first-order valence-corrected chi connectivity index (χ1v) is 10.3. The van der Waals surface area contributed by atoms with Gasteiger partial charge in [0.15, 0.2) is 0 Å². The Morgan fingerprint density at radius 3 is 2.40 bits per heavy atom. The van der Waals surface area contributed by atoms with Crippen molar-refractivity contribution < 1.29 is 9.59 Å². The van der Waals surface area contributed by atoms with Gasteiger partial charge in [-0.05, 0) is 37.0 Å². The van der Waals surface area contributed by atoms with Gasteiger partial charge in [-0.1, -0.05) is 56.3 Å². The van der Waals surface area contributed by atoms with E-state index >= 15 is 0 Å². The minimum atomic E-state index is -0.323. The number of nitrogens with zero attached hydrogens (tertiary/aromatic N) is 2. The van der Waals surface area contributed by atoms with E-state index < -0.39 is 0 Å². The first-order valence-electron chi connectivity index (χ1n) is 10.3. The Morgan fingerprint density at radius 2 is 1.73 bits per heavy atom. The molecule has 6 heteroatoms. The number of hydrogen-bond acceptors (Lipinski definition) is 3. The highest BCUT2D eigenvalue weighted by molar-refractivity contribution is 6.01. The Labute approximate surface area is 177 Å². The van der Waals surface area contributed by atoms with Crippen LogP contribution in [0.3, 0.4) is 0 Å². The second kappa shape index (κ2) is 9.87. The van der Waals surface area contributed by atoms with Gasteiger partial charge < -0.3 is 10.6 Å². The highest BCUT2D eigenvalue weighted by Gasteiger charge is 2.19. The van der Waals surface area contributed by atoms with E-state index in [4.69, 9.17) is 5.10 Å². The van der Waals surface area contributed by atoms with Crippen LogP contribution >= 0.6 is 0 Å². The molecule has 3 aromatic rings. The summed E-state index contributed by atoms with van der Waals surface area (Å²) in [7, 11) is 0. The van der Waals surface area contributed by atoms with Crippen molar-refractivity contribution in [2.75, 3.05) is 13.1 Å². The minimum Gasteiger partial charge on any atom is -0.355 e. The molecule has 0 aliphatic heterocycles. The molecular formula is C24H28N4O2. The zero-order valence-corrected chi connectivity index (χ0v) is 17.7. The molecule has 0 radical (unpaired) electrons. The van der Waals surface area contributed by atoms with Gasteiger partial charge in [-0.3, -0.25) is 9.59 Å². The number of para-hydroxylation sites is 1. The molecule has 0 bridgehead atoms. The molecule has 0 saturated heterocycles. The number of aryl methyl sites for hydroxylation is 2. The summed E-state index contributed by atoms with van der Waals surface area (Å²) in [6.45, 7) is 6.61. The Hall–Kier alpha value is -3.41. The molecule has 3 rings (SSSR count). The summed E-state index contributed by atoms with van der Waals surface area (Å²) in [5, 5.41) is 10.2. The van der Waals surface area contributed by atoms with Crippen molar-refractivity contribution in [3.05, 3.63) is 71.4 Å². The molecule has 0 fully saturated rings. The number of rotatable bonds is 8. The average Bonchev–Trinajstić information content (AvgIpc) is 3.21. The van der Waals surface area contributed by atoms with E-state index in [2.05, 4.69) is 17.6 Å². The normalized spacial score (nSPS) is 10.6. The monoisotopic (exact) mass is 404 g/mol. The van der Waals surface area contributed by atoms with Crippen LogP contribution in [0.15, 0.2) is 54.7 Å². The lowest BCUT2D eigenvalue weighted by Crippen LogP contribution is -2.37. The minimum absolute atomic E-state index is 0.0669. The fourth-order valence-corrected chi connectivity index (χ4v) is 3.18. The van der Waals surface area contributed by atoms with Crippen molar-refractivity contribution in [2.45, 2.75) is 33.6 Å². The fourth-order valence-electron chi connectivity index (χ4n) is 3.18. The first kappa shape index (κ1) is 21.3. The molecule has 2 aromatic carbocycles. The Morgan fingerprint density at radius 1 is 1.00 bits per heavy atom. The van der Waals surface area contributed by atoms with Crippen LogP contribution in [0.4, 0.5) is 0 Å². The number of hydrogen-bond donors (Lipinski definition) is 2. The van der Waals surface area contributed by atoms with E-state index in [1.165, 1.54) is 5.56 Å². The predicted molar refractivity (Wildman–Crippen MR) is 119 cm³/mol. The van der Waals surface area contributed by atoms with Gasteiger partial charge in [0.1, 0.15) is 5.69 Å². The largest absolute Gasteiger partial charge is 0.355 e. The second-order valence-corrected chi connectivity index (χ2v) is 7.21. The summed E-state index contributed by atoms with van der Waals surface area (Å²) < 4.78 is 1.73. The van der Waals surface area contributed by atoms with Crippen molar-refractivity contribution in [3.63, 3.8) is 0 Å². The van der Waals surface area contributed by atoms with Crippen molar-refractivity contribution in [1.82, 2.24) is 20.4 Å². The van der Waals surface area contributed by atoms with Crippen molar-refractivity contribution in [3.8, 4) is 16.9 Å². The maximum absolute atomic E-state index is 12.9. The van der Waals surface area contributed by atoms with E-state index in [1.54, 1.807) is 10.9 Å². The number of aromatic nitrogens is 2. The van der Waals surface area contributed by atoms with Gasteiger partial charge in [-0.2, -0.15) is 5.10 Å². The Bertz CT molecular complexity index is 1020. The van der Waals surface area contributed by atoms with Crippen LogP contribution in [0.1, 0.15) is 41.8 Å². The van der Waals surface area contributed by atoms with E-state index in [0.29, 0.717) is 17.8 Å². The maximum Gasteiger partial charge on any atom is 0.255 e. The zero-order valence-electron chi connectivity index (χ0n) is 17.7. The topological polar surface area (TPSA) is 76.0 Å². The standard InChI is InChI=1S/C24H28N4O2/c1-4-14-25-22(29)15-26-24(30)20-16-28(21-9-7-6-8-17(21)3)27-23(20)19-12-10-18(5-2)11-13-19/h6-13,16H,4-5,14-15H2,1-3H3,(H,25,29)(H,26,30). The molecule has 0 atom stereocenters. The van der Waals surface area contributed by atoms with Crippen LogP contribution in [0.5, 0.6) is 0 Å². The lowest BCUT2D eigenvalue weighted by atomic mass is 10.0. The third kappa shape index (κ3) is 4.95. The molecule has 1 aromatic heterocycles. The zero-order chi connectivity index (χ0) is 21.5.